The van der Waals surface area contributed by atoms with Crippen molar-refractivity contribution < 1.29 is 34.0 Å². The van der Waals surface area contributed by atoms with Crippen LogP contribution in [0.4, 0.5) is 0 Å². The third kappa shape index (κ3) is 11.5. The van der Waals surface area contributed by atoms with Gasteiger partial charge in [0.05, 0.1) is 21.3 Å². The maximum Gasteiger partial charge on any atom is 0.328 e. The van der Waals surface area contributed by atoms with E-state index in [1.807, 2.05) is 42.5 Å². The summed E-state index contributed by atoms with van der Waals surface area (Å²) in [5.74, 6) is 6.50. The Balaban J connectivity index is 0.000000642. The van der Waals surface area contributed by atoms with E-state index in [1.54, 1.807) is 21.3 Å². The van der Waals surface area contributed by atoms with Crippen LogP contribution in [-0.4, -0.2) is 68.0 Å². The quantitative estimate of drug-likeness (QED) is 0.252. The molecule has 0 heterocycles. The number of nitrogens with zero attached hydrogens (tertiary/aromatic N) is 1. The predicted octanol–water partition coefficient (Wildman–Crippen LogP) is 4.93. The Morgan fingerprint density at radius 2 is 1.51 bits per heavy atom. The highest BCUT2D eigenvalue weighted by atomic mass is 16.5. The van der Waals surface area contributed by atoms with E-state index in [0.29, 0.717) is 18.2 Å². The van der Waals surface area contributed by atoms with Gasteiger partial charge in [-0.3, -0.25) is 0 Å². The maximum absolute atomic E-state index is 9.55. The Morgan fingerprint density at radius 3 is 2.10 bits per heavy atom. The van der Waals surface area contributed by atoms with Crippen molar-refractivity contribution >= 4 is 11.9 Å². The van der Waals surface area contributed by atoms with Crippen molar-refractivity contribution in [2.45, 2.75) is 25.8 Å². The van der Waals surface area contributed by atoms with E-state index in [1.165, 1.54) is 11.1 Å². The summed E-state index contributed by atoms with van der Waals surface area (Å²) < 4.78 is 16.3. The van der Waals surface area contributed by atoms with Crippen molar-refractivity contribution in [1.82, 2.24) is 4.90 Å². The molecular weight excluding hydrogens is 522 g/mol. The van der Waals surface area contributed by atoms with Crippen LogP contribution in [0.1, 0.15) is 29.2 Å². The van der Waals surface area contributed by atoms with Gasteiger partial charge in [-0.2, -0.15) is 0 Å². The van der Waals surface area contributed by atoms with E-state index in [9.17, 15) is 9.59 Å². The average Bonchev–Trinajstić information content (AvgIpc) is 2.98. The van der Waals surface area contributed by atoms with Gasteiger partial charge in [0, 0.05) is 35.9 Å². The number of aliphatic carboxylic acids is 2. The second-order valence-corrected chi connectivity index (χ2v) is 9.12. The van der Waals surface area contributed by atoms with Gasteiger partial charge in [0.1, 0.15) is 5.75 Å². The summed E-state index contributed by atoms with van der Waals surface area (Å²) >= 11 is 0. The van der Waals surface area contributed by atoms with Crippen molar-refractivity contribution in [3.05, 3.63) is 101 Å². The smallest absolute Gasteiger partial charge is 0.328 e. The molecule has 3 aromatic rings. The zero-order valence-electron chi connectivity index (χ0n) is 24.1. The Morgan fingerprint density at radius 1 is 0.854 bits per heavy atom. The first-order valence-electron chi connectivity index (χ1n) is 13.0. The lowest BCUT2D eigenvalue weighted by Crippen LogP contribution is -2.32. The zero-order valence-corrected chi connectivity index (χ0v) is 24.1. The Bertz CT molecular complexity index is 1360. The molecule has 0 aliphatic rings. The number of carboxylic acids is 2. The second-order valence-electron chi connectivity index (χ2n) is 9.12. The number of methoxy groups -OCH3 is 3. The molecule has 3 aromatic carbocycles. The van der Waals surface area contributed by atoms with Crippen LogP contribution in [-0.2, 0) is 22.4 Å². The number of hydrogen-bond acceptors (Lipinski definition) is 6. The lowest BCUT2D eigenvalue weighted by Gasteiger charge is -2.25. The number of hydrogen-bond donors (Lipinski definition) is 2. The van der Waals surface area contributed by atoms with E-state index >= 15 is 0 Å². The SMILES string of the molecule is COc1ccc(C#Cc2ccccc2)c(CC(C)N(C)CCc2ccc(OC)c(OC)c2)c1.O=C(O)/C=C/C(=O)O. The fraction of sp³-hybridized carbons (Fsp3) is 0.273. The molecule has 1 atom stereocenters. The number of ether oxygens (including phenoxy) is 3. The van der Waals surface area contributed by atoms with Gasteiger partial charge in [-0.05, 0) is 80.4 Å². The molecule has 0 aromatic heterocycles. The number of likely N-dealkylation sites (N-methyl/N-ethyl adjacent to an activating group) is 1. The minimum absolute atomic E-state index is 0.342. The average molecular weight is 560 g/mol. The maximum atomic E-state index is 9.55. The van der Waals surface area contributed by atoms with Gasteiger partial charge in [-0.1, -0.05) is 36.1 Å². The molecule has 3 rings (SSSR count). The molecular formula is C33H37NO7. The summed E-state index contributed by atoms with van der Waals surface area (Å²) in [6, 6.07) is 22.7. The fourth-order valence-electron chi connectivity index (χ4n) is 3.83. The molecule has 2 N–H and O–H groups in total. The summed E-state index contributed by atoms with van der Waals surface area (Å²) in [4.78, 5) is 21.5. The number of carboxylic acid groups (broad SMARTS) is 2. The van der Waals surface area contributed by atoms with Crippen LogP contribution in [0.5, 0.6) is 17.2 Å². The third-order valence-corrected chi connectivity index (χ3v) is 6.27. The van der Waals surface area contributed by atoms with Crippen LogP contribution in [0, 0.1) is 11.8 Å². The topological polar surface area (TPSA) is 106 Å². The molecule has 0 saturated heterocycles. The van der Waals surface area contributed by atoms with Crippen molar-refractivity contribution in [3.8, 4) is 29.1 Å². The van der Waals surface area contributed by atoms with Crippen molar-refractivity contribution in [3.63, 3.8) is 0 Å². The summed E-state index contributed by atoms with van der Waals surface area (Å²) in [6.45, 7) is 3.19. The van der Waals surface area contributed by atoms with E-state index in [4.69, 9.17) is 24.4 Å². The zero-order chi connectivity index (χ0) is 30.2. The molecule has 0 aliphatic carbocycles. The summed E-state index contributed by atoms with van der Waals surface area (Å²) in [5, 5.41) is 15.6. The van der Waals surface area contributed by atoms with Gasteiger partial charge in [-0.15, -0.1) is 0 Å². The van der Waals surface area contributed by atoms with Crippen LogP contribution in [0.3, 0.4) is 0 Å². The minimum atomic E-state index is -1.26. The fourth-order valence-corrected chi connectivity index (χ4v) is 3.83. The molecule has 1 unspecified atom stereocenters. The predicted molar refractivity (Wildman–Crippen MR) is 159 cm³/mol. The normalized spacial score (nSPS) is 11.1. The van der Waals surface area contributed by atoms with Crippen LogP contribution in [0.2, 0.25) is 0 Å². The molecule has 0 amide bonds. The first-order chi connectivity index (χ1) is 19.7. The molecule has 8 heteroatoms. The van der Waals surface area contributed by atoms with E-state index in [2.05, 4.69) is 55.0 Å². The Hall–Kier alpha value is -4.74. The van der Waals surface area contributed by atoms with E-state index < -0.39 is 11.9 Å². The molecule has 8 nitrogen and oxygen atoms in total. The van der Waals surface area contributed by atoms with Crippen LogP contribution in [0.15, 0.2) is 78.9 Å². The van der Waals surface area contributed by atoms with Gasteiger partial charge in [0.2, 0.25) is 0 Å². The summed E-state index contributed by atoms with van der Waals surface area (Å²) in [6.07, 6.45) is 2.93. The number of rotatable bonds is 11. The van der Waals surface area contributed by atoms with Crippen LogP contribution in [0.25, 0.3) is 0 Å². The molecule has 0 radical (unpaired) electrons. The van der Waals surface area contributed by atoms with E-state index in [-0.39, 0.29) is 0 Å². The highest BCUT2D eigenvalue weighted by molar-refractivity contribution is 5.89. The van der Waals surface area contributed by atoms with Crippen LogP contribution >= 0.6 is 0 Å². The molecule has 216 valence electrons. The molecule has 41 heavy (non-hydrogen) atoms. The van der Waals surface area contributed by atoms with Crippen molar-refractivity contribution in [2.75, 3.05) is 34.9 Å². The first-order valence-corrected chi connectivity index (χ1v) is 13.0. The highest BCUT2D eigenvalue weighted by Gasteiger charge is 2.14. The van der Waals surface area contributed by atoms with Gasteiger partial charge in [0.15, 0.2) is 11.5 Å². The number of benzene rings is 3. The Kier molecular flexibility index (Phi) is 13.5. The molecule has 0 aliphatic heterocycles. The molecule has 0 fully saturated rings. The largest absolute Gasteiger partial charge is 0.497 e. The Labute approximate surface area is 241 Å². The molecule has 0 spiro atoms. The third-order valence-electron chi connectivity index (χ3n) is 6.27. The monoisotopic (exact) mass is 559 g/mol. The standard InChI is InChI=1S/C29H33NO3.C4H4O4/c1-22(30(2)18-17-24-12-16-28(32-4)29(20-24)33-5)19-26-21-27(31-3)15-14-25(26)13-11-23-9-7-6-8-10-23;5-3(6)1-2-4(7)8/h6-10,12,14-16,20-22H,17-19H2,1-5H3;1-2H,(H,5,6)(H,7,8)/b;2-1+. The first kappa shape index (κ1) is 32.5. The second kappa shape index (κ2) is 17.1. The minimum Gasteiger partial charge on any atom is -0.497 e. The van der Waals surface area contributed by atoms with Gasteiger partial charge < -0.3 is 29.3 Å². The van der Waals surface area contributed by atoms with Crippen molar-refractivity contribution in [1.29, 1.82) is 0 Å². The van der Waals surface area contributed by atoms with E-state index in [0.717, 1.165) is 47.8 Å². The van der Waals surface area contributed by atoms with Gasteiger partial charge in [-0.25, -0.2) is 9.59 Å². The lowest BCUT2D eigenvalue weighted by molar-refractivity contribution is -0.134. The molecule has 0 bridgehead atoms. The number of carbonyl (C=O) groups is 2. The summed E-state index contributed by atoms with van der Waals surface area (Å²) in [7, 11) is 7.19. The van der Waals surface area contributed by atoms with Gasteiger partial charge in [0.25, 0.3) is 0 Å². The van der Waals surface area contributed by atoms with Crippen molar-refractivity contribution in [2.24, 2.45) is 0 Å². The molecule has 0 saturated carbocycles. The highest BCUT2D eigenvalue weighted by Crippen LogP contribution is 2.28. The lowest BCUT2D eigenvalue weighted by atomic mass is 9.99. The van der Waals surface area contributed by atoms with Crippen LogP contribution < -0.4 is 14.2 Å². The summed E-state index contributed by atoms with van der Waals surface area (Å²) in [5.41, 5.74) is 4.48. The van der Waals surface area contributed by atoms with Gasteiger partial charge >= 0.3 is 11.9 Å².